The van der Waals surface area contributed by atoms with Crippen LogP contribution in [0.2, 0.25) is 0 Å². The van der Waals surface area contributed by atoms with Gasteiger partial charge in [-0.1, -0.05) is 6.07 Å². The third kappa shape index (κ3) is 1.92. The Balaban J connectivity index is 2.31. The first-order chi connectivity index (χ1) is 9.20. The number of anilines is 1. The lowest BCUT2D eigenvalue weighted by Gasteiger charge is -2.06. The molecule has 0 bridgehead atoms. The van der Waals surface area contributed by atoms with Gasteiger partial charge in [0.25, 0.3) is 0 Å². The predicted molar refractivity (Wildman–Crippen MR) is 70.6 cm³/mol. The van der Waals surface area contributed by atoms with E-state index in [4.69, 9.17) is 5.84 Å². The maximum Gasteiger partial charge on any atom is 0.169 e. The van der Waals surface area contributed by atoms with E-state index < -0.39 is 11.6 Å². The Labute approximate surface area is 110 Å². The molecule has 0 saturated heterocycles. The van der Waals surface area contributed by atoms with Gasteiger partial charge in [0, 0.05) is 0 Å². The molecule has 0 aliphatic carbocycles. The number of thiophene rings is 1. The first-order valence-electron chi connectivity index (χ1n) is 5.37. The third-order valence-electron chi connectivity index (χ3n) is 2.65. The minimum atomic E-state index is -0.709. The SMILES string of the molecule is NNc1nc(-c2c(F)cccc2F)nc2sccc12. The first kappa shape index (κ1) is 11.9. The maximum absolute atomic E-state index is 13.7. The standard InChI is InChI=1S/C12H8F2N4S/c13-7-2-1-3-8(14)9(7)11-16-10(18-15)6-4-5-19-12(6)17-11/h1-5H,15H2,(H,16,17,18). The molecule has 0 aliphatic rings. The molecule has 0 atom stereocenters. The number of nitrogen functional groups attached to an aromatic ring is 1. The van der Waals surface area contributed by atoms with Gasteiger partial charge < -0.3 is 5.43 Å². The Morgan fingerprint density at radius 3 is 2.53 bits per heavy atom. The number of hydrazine groups is 1. The largest absolute Gasteiger partial charge is 0.308 e. The maximum atomic E-state index is 13.7. The summed E-state index contributed by atoms with van der Waals surface area (Å²) >= 11 is 1.35. The Morgan fingerprint density at radius 2 is 1.84 bits per heavy atom. The number of nitrogens with two attached hydrogens (primary N) is 1. The number of fused-ring (bicyclic) bond motifs is 1. The van der Waals surface area contributed by atoms with Crippen molar-refractivity contribution in [2.75, 3.05) is 5.43 Å². The highest BCUT2D eigenvalue weighted by Gasteiger charge is 2.16. The number of aromatic nitrogens is 2. The molecule has 7 heteroatoms. The monoisotopic (exact) mass is 278 g/mol. The molecule has 0 fully saturated rings. The van der Waals surface area contributed by atoms with Crippen LogP contribution in [0.15, 0.2) is 29.6 Å². The fraction of sp³-hybridized carbons (Fsp3) is 0. The molecule has 0 amide bonds. The van der Waals surface area contributed by atoms with Crippen molar-refractivity contribution in [1.82, 2.24) is 9.97 Å². The first-order valence-corrected chi connectivity index (χ1v) is 6.25. The third-order valence-corrected chi connectivity index (χ3v) is 3.45. The summed E-state index contributed by atoms with van der Waals surface area (Å²) < 4.78 is 27.5. The molecule has 0 spiro atoms. The van der Waals surface area contributed by atoms with E-state index >= 15 is 0 Å². The quantitative estimate of drug-likeness (QED) is 0.559. The Bertz CT molecular complexity index is 736. The molecule has 0 radical (unpaired) electrons. The fourth-order valence-electron chi connectivity index (χ4n) is 1.79. The van der Waals surface area contributed by atoms with Gasteiger partial charge in [0.05, 0.1) is 10.9 Å². The van der Waals surface area contributed by atoms with Gasteiger partial charge in [-0.05, 0) is 23.6 Å². The van der Waals surface area contributed by atoms with Gasteiger partial charge in [0.15, 0.2) is 11.6 Å². The molecule has 96 valence electrons. The molecule has 19 heavy (non-hydrogen) atoms. The number of rotatable bonds is 2. The summed E-state index contributed by atoms with van der Waals surface area (Å²) in [6.45, 7) is 0. The van der Waals surface area contributed by atoms with Gasteiger partial charge in [-0.15, -0.1) is 11.3 Å². The zero-order valence-electron chi connectivity index (χ0n) is 9.52. The van der Waals surface area contributed by atoms with Crippen LogP contribution in [0.4, 0.5) is 14.6 Å². The second-order valence-electron chi connectivity index (χ2n) is 3.78. The van der Waals surface area contributed by atoms with Gasteiger partial charge >= 0.3 is 0 Å². The fourth-order valence-corrected chi connectivity index (χ4v) is 2.55. The highest BCUT2D eigenvalue weighted by molar-refractivity contribution is 7.16. The van der Waals surface area contributed by atoms with Crippen LogP contribution in [0.3, 0.4) is 0 Å². The average molecular weight is 278 g/mol. The molecule has 0 aliphatic heterocycles. The van der Waals surface area contributed by atoms with Crippen molar-refractivity contribution in [1.29, 1.82) is 0 Å². The van der Waals surface area contributed by atoms with Crippen LogP contribution < -0.4 is 11.3 Å². The topological polar surface area (TPSA) is 63.8 Å². The highest BCUT2D eigenvalue weighted by Crippen LogP contribution is 2.30. The van der Waals surface area contributed by atoms with Crippen molar-refractivity contribution in [3.63, 3.8) is 0 Å². The van der Waals surface area contributed by atoms with Gasteiger partial charge in [-0.2, -0.15) is 0 Å². The van der Waals surface area contributed by atoms with Gasteiger partial charge in [0.1, 0.15) is 16.5 Å². The molecule has 0 saturated carbocycles. The normalized spacial score (nSPS) is 10.9. The molecule has 2 heterocycles. The molecule has 3 aromatic rings. The van der Waals surface area contributed by atoms with Crippen LogP contribution in [0.5, 0.6) is 0 Å². The van der Waals surface area contributed by atoms with E-state index in [9.17, 15) is 8.78 Å². The molecule has 3 N–H and O–H groups in total. The van der Waals surface area contributed by atoms with Crippen LogP contribution in [0.25, 0.3) is 21.6 Å². The summed E-state index contributed by atoms with van der Waals surface area (Å²) in [7, 11) is 0. The molecular weight excluding hydrogens is 270 g/mol. The summed E-state index contributed by atoms with van der Waals surface area (Å²) in [4.78, 5) is 8.84. The summed E-state index contributed by atoms with van der Waals surface area (Å²) in [6.07, 6.45) is 0. The predicted octanol–water partition coefficient (Wildman–Crippen LogP) is 2.92. The number of nitrogens with one attached hydrogen (secondary N) is 1. The molecule has 2 aromatic heterocycles. The molecule has 3 rings (SSSR count). The molecule has 1 aromatic carbocycles. The van der Waals surface area contributed by atoms with Crippen LogP contribution in [-0.2, 0) is 0 Å². The smallest absolute Gasteiger partial charge is 0.169 e. The van der Waals surface area contributed by atoms with E-state index in [1.165, 1.54) is 17.4 Å². The van der Waals surface area contributed by atoms with Crippen molar-refractivity contribution in [3.8, 4) is 11.4 Å². The van der Waals surface area contributed by atoms with Gasteiger partial charge in [-0.3, -0.25) is 0 Å². The van der Waals surface area contributed by atoms with Crippen LogP contribution in [-0.4, -0.2) is 9.97 Å². The minimum Gasteiger partial charge on any atom is -0.308 e. The summed E-state index contributed by atoms with van der Waals surface area (Å²) in [5.74, 6) is 4.26. The number of benzene rings is 1. The van der Waals surface area contributed by atoms with Crippen molar-refractivity contribution >= 4 is 27.4 Å². The number of halogens is 2. The highest BCUT2D eigenvalue weighted by atomic mass is 32.1. The van der Waals surface area contributed by atoms with Crippen LogP contribution in [0, 0.1) is 11.6 Å². The van der Waals surface area contributed by atoms with Crippen molar-refractivity contribution in [2.45, 2.75) is 0 Å². The zero-order chi connectivity index (χ0) is 13.4. The van der Waals surface area contributed by atoms with E-state index in [2.05, 4.69) is 15.4 Å². The van der Waals surface area contributed by atoms with Gasteiger partial charge in [-0.25, -0.2) is 24.6 Å². The van der Waals surface area contributed by atoms with Crippen LogP contribution >= 0.6 is 11.3 Å². The van der Waals surface area contributed by atoms with Crippen LogP contribution in [0.1, 0.15) is 0 Å². The summed E-state index contributed by atoms with van der Waals surface area (Å²) in [5.41, 5.74) is 2.16. The van der Waals surface area contributed by atoms with E-state index in [1.807, 2.05) is 5.38 Å². The van der Waals surface area contributed by atoms with E-state index in [1.54, 1.807) is 6.07 Å². The minimum absolute atomic E-state index is 0.0292. The van der Waals surface area contributed by atoms with E-state index in [0.717, 1.165) is 12.1 Å². The average Bonchev–Trinajstić information content (AvgIpc) is 2.85. The van der Waals surface area contributed by atoms with Crippen molar-refractivity contribution in [3.05, 3.63) is 41.3 Å². The Kier molecular flexibility index (Phi) is 2.84. The lowest BCUT2D eigenvalue weighted by atomic mass is 10.2. The molecular formula is C12H8F2N4S. The lowest BCUT2D eigenvalue weighted by Crippen LogP contribution is -2.10. The summed E-state index contributed by atoms with van der Waals surface area (Å²) in [6, 6.07) is 5.41. The Morgan fingerprint density at radius 1 is 1.11 bits per heavy atom. The lowest BCUT2D eigenvalue weighted by molar-refractivity contribution is 0.587. The van der Waals surface area contributed by atoms with Crippen molar-refractivity contribution in [2.24, 2.45) is 5.84 Å². The van der Waals surface area contributed by atoms with Gasteiger partial charge in [0.2, 0.25) is 0 Å². The second kappa shape index (κ2) is 4.52. The summed E-state index contributed by atoms with van der Waals surface area (Å²) in [5, 5.41) is 2.52. The number of nitrogens with zero attached hydrogens (tertiary/aromatic N) is 2. The van der Waals surface area contributed by atoms with Crippen molar-refractivity contribution < 1.29 is 8.78 Å². The Hall–Kier alpha value is -2.12. The second-order valence-corrected chi connectivity index (χ2v) is 4.67. The number of hydrogen-bond donors (Lipinski definition) is 2. The van der Waals surface area contributed by atoms with E-state index in [0.29, 0.717) is 16.0 Å². The zero-order valence-corrected chi connectivity index (χ0v) is 10.3. The number of hydrogen-bond acceptors (Lipinski definition) is 5. The molecule has 0 unspecified atom stereocenters. The molecule has 4 nitrogen and oxygen atoms in total. The van der Waals surface area contributed by atoms with E-state index in [-0.39, 0.29) is 11.4 Å².